The molecule has 0 saturated heterocycles. The third-order valence-electron chi connectivity index (χ3n) is 3.41. The minimum Gasteiger partial charge on any atom is -0.494 e. The van der Waals surface area contributed by atoms with Gasteiger partial charge in [0.05, 0.1) is 13.2 Å². The van der Waals surface area contributed by atoms with Crippen LogP contribution in [0.2, 0.25) is 0 Å². The number of rotatable bonds is 13. The summed E-state index contributed by atoms with van der Waals surface area (Å²) < 4.78 is 11.3. The van der Waals surface area contributed by atoms with Crippen LogP contribution < -0.4 is 4.74 Å². The number of unbranched alkanes of at least 4 members (excludes halogenated alkanes) is 5. The smallest absolute Gasteiger partial charge is 0.119 e. The van der Waals surface area contributed by atoms with Gasteiger partial charge in [-0.3, -0.25) is 0 Å². The molecule has 120 valence electrons. The van der Waals surface area contributed by atoms with Gasteiger partial charge in [-0.2, -0.15) is 0 Å². The highest BCUT2D eigenvalue weighted by Gasteiger charge is 1.97. The molecule has 21 heavy (non-hydrogen) atoms. The van der Waals surface area contributed by atoms with Crippen LogP contribution >= 0.6 is 0 Å². The Kier molecular flexibility index (Phi) is 10.8. The molecule has 0 aliphatic carbocycles. The van der Waals surface area contributed by atoms with Crippen LogP contribution in [-0.4, -0.2) is 24.9 Å². The number of hydrogen-bond donors (Lipinski definition) is 1. The van der Waals surface area contributed by atoms with Crippen LogP contribution in [0.1, 0.15) is 57.4 Å². The number of hydrogen-bond acceptors (Lipinski definition) is 3. The lowest BCUT2D eigenvalue weighted by molar-refractivity contribution is 0.112. The molecule has 3 nitrogen and oxygen atoms in total. The Morgan fingerprint density at radius 1 is 0.857 bits per heavy atom. The second kappa shape index (κ2) is 12.7. The molecular weight excluding hydrogens is 264 g/mol. The van der Waals surface area contributed by atoms with E-state index in [9.17, 15) is 0 Å². The average Bonchev–Trinajstić information content (AvgIpc) is 2.52. The summed E-state index contributed by atoms with van der Waals surface area (Å²) in [5, 5.41) is 8.67. The summed E-state index contributed by atoms with van der Waals surface area (Å²) in [4.78, 5) is 0. The first-order valence-electron chi connectivity index (χ1n) is 8.27. The molecular formula is C18H30O3. The van der Waals surface area contributed by atoms with Crippen LogP contribution in [0, 0.1) is 0 Å². The van der Waals surface area contributed by atoms with Crippen molar-refractivity contribution < 1.29 is 14.6 Å². The molecule has 0 heterocycles. The molecule has 0 amide bonds. The van der Waals surface area contributed by atoms with E-state index >= 15 is 0 Å². The predicted octanol–water partition coefficient (Wildman–Crippen LogP) is 4.32. The van der Waals surface area contributed by atoms with Gasteiger partial charge in [-0.15, -0.1) is 0 Å². The lowest BCUT2D eigenvalue weighted by Gasteiger charge is -2.08. The molecule has 1 rings (SSSR count). The quantitative estimate of drug-likeness (QED) is 0.550. The normalized spacial score (nSPS) is 10.8. The Morgan fingerprint density at radius 3 is 2.29 bits per heavy atom. The standard InChI is InChI=1S/C18H30O3/c1-2-3-4-5-7-15-21-18-11-9-17(10-12-18)16-20-14-8-6-13-19/h9-12,19H,2-8,13-16H2,1H3. The minimum absolute atomic E-state index is 0.244. The molecule has 1 aromatic rings. The molecule has 0 atom stereocenters. The third kappa shape index (κ3) is 9.48. The molecule has 1 N–H and O–H groups in total. The van der Waals surface area contributed by atoms with E-state index in [2.05, 4.69) is 19.1 Å². The van der Waals surface area contributed by atoms with Gasteiger partial charge in [0.25, 0.3) is 0 Å². The maximum atomic E-state index is 8.67. The minimum atomic E-state index is 0.244. The van der Waals surface area contributed by atoms with Crippen LogP contribution in [0.4, 0.5) is 0 Å². The third-order valence-corrected chi connectivity index (χ3v) is 3.41. The van der Waals surface area contributed by atoms with Crippen molar-refractivity contribution in [1.29, 1.82) is 0 Å². The van der Waals surface area contributed by atoms with Gasteiger partial charge in [-0.25, -0.2) is 0 Å². The number of ether oxygens (including phenoxy) is 2. The molecule has 1 aromatic carbocycles. The van der Waals surface area contributed by atoms with Crippen molar-refractivity contribution in [2.75, 3.05) is 19.8 Å². The second-order valence-corrected chi connectivity index (χ2v) is 5.39. The van der Waals surface area contributed by atoms with Crippen molar-refractivity contribution in [3.8, 4) is 5.75 Å². The van der Waals surface area contributed by atoms with Gasteiger partial charge in [-0.1, -0.05) is 44.7 Å². The number of aliphatic hydroxyl groups is 1. The summed E-state index contributed by atoms with van der Waals surface area (Å²) in [7, 11) is 0. The lowest BCUT2D eigenvalue weighted by Crippen LogP contribution is -1.99. The van der Waals surface area contributed by atoms with Crippen molar-refractivity contribution in [3.63, 3.8) is 0 Å². The summed E-state index contributed by atoms with van der Waals surface area (Å²) in [6.07, 6.45) is 8.04. The van der Waals surface area contributed by atoms with E-state index in [1.54, 1.807) is 0 Å². The summed E-state index contributed by atoms with van der Waals surface area (Å²) >= 11 is 0. The van der Waals surface area contributed by atoms with Gasteiger partial charge < -0.3 is 14.6 Å². The molecule has 3 heteroatoms. The second-order valence-electron chi connectivity index (χ2n) is 5.39. The van der Waals surface area contributed by atoms with Crippen LogP contribution in [0.3, 0.4) is 0 Å². The van der Waals surface area contributed by atoms with Gasteiger partial charge in [0.2, 0.25) is 0 Å². The summed E-state index contributed by atoms with van der Waals surface area (Å²) in [5.74, 6) is 0.939. The van der Waals surface area contributed by atoms with Crippen molar-refractivity contribution in [1.82, 2.24) is 0 Å². The molecule has 0 aromatic heterocycles. The van der Waals surface area contributed by atoms with E-state index in [4.69, 9.17) is 14.6 Å². The average molecular weight is 294 g/mol. The molecule has 0 saturated carbocycles. The van der Waals surface area contributed by atoms with Gasteiger partial charge in [-0.05, 0) is 37.0 Å². The van der Waals surface area contributed by atoms with Crippen LogP contribution in [0.25, 0.3) is 0 Å². The Morgan fingerprint density at radius 2 is 1.57 bits per heavy atom. The van der Waals surface area contributed by atoms with Crippen molar-refractivity contribution >= 4 is 0 Å². The van der Waals surface area contributed by atoms with Crippen molar-refractivity contribution in [3.05, 3.63) is 29.8 Å². The zero-order chi connectivity index (χ0) is 15.2. The zero-order valence-corrected chi connectivity index (χ0v) is 13.4. The predicted molar refractivity (Wildman–Crippen MR) is 86.7 cm³/mol. The number of benzene rings is 1. The highest BCUT2D eigenvalue weighted by atomic mass is 16.5. The molecule has 0 aliphatic rings. The summed E-state index contributed by atoms with van der Waals surface area (Å²) in [5.41, 5.74) is 1.16. The van der Waals surface area contributed by atoms with E-state index in [1.807, 2.05) is 12.1 Å². The first-order valence-corrected chi connectivity index (χ1v) is 8.27. The summed E-state index contributed by atoms with van der Waals surface area (Å²) in [6, 6.07) is 8.13. The molecule has 0 bridgehead atoms. The molecule has 0 fully saturated rings. The monoisotopic (exact) mass is 294 g/mol. The Hall–Kier alpha value is -1.06. The summed E-state index contributed by atoms with van der Waals surface area (Å²) in [6.45, 7) is 4.61. The van der Waals surface area contributed by atoms with Gasteiger partial charge in [0.15, 0.2) is 0 Å². The van der Waals surface area contributed by atoms with E-state index in [-0.39, 0.29) is 6.61 Å². The fourth-order valence-corrected chi connectivity index (χ4v) is 2.08. The Balaban J connectivity index is 2.09. The van der Waals surface area contributed by atoms with E-state index in [1.165, 1.54) is 25.7 Å². The fourth-order valence-electron chi connectivity index (χ4n) is 2.08. The SMILES string of the molecule is CCCCCCCOc1ccc(COCCCCO)cc1. The Bertz CT molecular complexity index is 335. The maximum absolute atomic E-state index is 8.67. The highest BCUT2D eigenvalue weighted by molar-refractivity contribution is 5.26. The fraction of sp³-hybridized carbons (Fsp3) is 0.667. The first-order chi connectivity index (χ1) is 10.4. The van der Waals surface area contributed by atoms with Crippen molar-refractivity contribution in [2.45, 2.75) is 58.5 Å². The van der Waals surface area contributed by atoms with E-state index in [0.29, 0.717) is 13.2 Å². The van der Waals surface area contributed by atoms with Gasteiger partial charge in [0.1, 0.15) is 5.75 Å². The molecule has 0 radical (unpaired) electrons. The molecule has 0 spiro atoms. The van der Waals surface area contributed by atoms with E-state index < -0.39 is 0 Å². The zero-order valence-electron chi connectivity index (χ0n) is 13.4. The largest absolute Gasteiger partial charge is 0.494 e. The van der Waals surface area contributed by atoms with Crippen LogP contribution in [0.5, 0.6) is 5.75 Å². The van der Waals surface area contributed by atoms with E-state index in [0.717, 1.165) is 37.2 Å². The van der Waals surface area contributed by atoms with Crippen LogP contribution in [0.15, 0.2) is 24.3 Å². The highest BCUT2D eigenvalue weighted by Crippen LogP contribution is 2.14. The van der Waals surface area contributed by atoms with Gasteiger partial charge in [0, 0.05) is 13.2 Å². The Labute approximate surface area is 129 Å². The topological polar surface area (TPSA) is 38.7 Å². The van der Waals surface area contributed by atoms with Gasteiger partial charge >= 0.3 is 0 Å². The van der Waals surface area contributed by atoms with Crippen LogP contribution in [-0.2, 0) is 11.3 Å². The maximum Gasteiger partial charge on any atom is 0.119 e. The van der Waals surface area contributed by atoms with Crippen molar-refractivity contribution in [2.24, 2.45) is 0 Å². The number of aliphatic hydroxyl groups excluding tert-OH is 1. The lowest BCUT2D eigenvalue weighted by atomic mass is 10.2. The molecule has 0 aliphatic heterocycles. The first kappa shape index (κ1) is 18.0. The molecule has 0 unspecified atom stereocenters.